The maximum absolute atomic E-state index is 10.6. The molecular weight excluding hydrogens is 538 g/mol. The predicted molar refractivity (Wildman–Crippen MR) is 124 cm³/mol. The minimum absolute atomic E-state index is 0.0402. The fraction of sp³-hybridized carbons (Fsp3) is 0.500. The lowest BCUT2D eigenvalue weighted by Crippen LogP contribution is -2.40. The van der Waals surface area contributed by atoms with E-state index < -0.39 is 24.3 Å². The van der Waals surface area contributed by atoms with E-state index >= 15 is 0 Å². The number of benzene rings is 1. The molecule has 0 bridgehead atoms. The van der Waals surface area contributed by atoms with Crippen LogP contribution in [0.15, 0.2) is 36.5 Å². The van der Waals surface area contributed by atoms with Gasteiger partial charge in [-0.1, -0.05) is 18.2 Å². The Morgan fingerprint density at radius 2 is 1.64 bits per heavy atom. The van der Waals surface area contributed by atoms with Gasteiger partial charge in [-0.15, -0.1) is 0 Å². The maximum atomic E-state index is 10.6. The first-order chi connectivity index (χ1) is 18.2. The van der Waals surface area contributed by atoms with Gasteiger partial charge in [0.25, 0.3) is 0 Å². The molecule has 15 heteroatoms. The molecule has 1 spiro atoms. The van der Waals surface area contributed by atoms with Crippen LogP contribution < -0.4 is 5.32 Å². The Hall–Kier alpha value is -3.46. The normalized spacial score (nSPS) is 20.7. The Kier molecular flexibility index (Phi) is 9.38. The molecule has 1 aromatic carbocycles. The Morgan fingerprint density at radius 1 is 1.05 bits per heavy atom. The van der Waals surface area contributed by atoms with E-state index in [4.69, 9.17) is 29.5 Å². The van der Waals surface area contributed by atoms with Crippen LogP contribution in [0.4, 0.5) is 38.0 Å². The van der Waals surface area contributed by atoms with Crippen molar-refractivity contribution in [3.63, 3.8) is 0 Å². The second-order valence-corrected chi connectivity index (χ2v) is 9.37. The minimum atomic E-state index is -5.08. The van der Waals surface area contributed by atoms with E-state index in [9.17, 15) is 26.3 Å². The molecule has 1 unspecified atom stereocenters. The molecule has 0 amide bonds. The average molecular weight is 564 g/mol. The second kappa shape index (κ2) is 12.2. The number of rotatable bonds is 4. The molecule has 2 aliphatic heterocycles. The van der Waals surface area contributed by atoms with Gasteiger partial charge in [0.1, 0.15) is 0 Å². The first kappa shape index (κ1) is 30.1. The van der Waals surface area contributed by atoms with Crippen molar-refractivity contribution in [1.29, 1.82) is 0 Å². The van der Waals surface area contributed by atoms with E-state index in [1.54, 1.807) is 0 Å². The number of ether oxygens (including phenoxy) is 1. The lowest BCUT2D eigenvalue weighted by atomic mass is 9.80. The van der Waals surface area contributed by atoms with Crippen molar-refractivity contribution in [2.24, 2.45) is 5.92 Å². The summed E-state index contributed by atoms with van der Waals surface area (Å²) in [6, 6.07) is 10.1. The number of carboxylic acids is 2. The number of alkyl halides is 6. The van der Waals surface area contributed by atoms with Crippen molar-refractivity contribution in [2.75, 3.05) is 31.6 Å². The molecule has 5 rings (SSSR count). The van der Waals surface area contributed by atoms with Gasteiger partial charge in [0.05, 0.1) is 24.3 Å². The molecule has 2 aromatic rings. The zero-order valence-corrected chi connectivity index (χ0v) is 20.4. The summed E-state index contributed by atoms with van der Waals surface area (Å²) < 4.78 is 69.4. The topological polar surface area (TPSA) is 125 Å². The lowest BCUT2D eigenvalue weighted by molar-refractivity contribution is -0.193. The van der Waals surface area contributed by atoms with E-state index in [2.05, 4.69) is 15.2 Å². The molecule has 3 aliphatic rings. The Labute approximate surface area is 218 Å². The number of likely N-dealkylation sites (tertiary alicyclic amines) is 1. The molecule has 1 aliphatic carbocycles. The molecule has 3 N–H and O–H groups in total. The zero-order valence-electron chi connectivity index (χ0n) is 20.4. The minimum Gasteiger partial charge on any atom is -0.475 e. The van der Waals surface area contributed by atoms with Crippen molar-refractivity contribution in [3.8, 4) is 0 Å². The van der Waals surface area contributed by atoms with Crippen LogP contribution in [0.5, 0.6) is 0 Å². The average Bonchev–Trinajstić information content (AvgIpc) is 3.58. The van der Waals surface area contributed by atoms with E-state index in [1.807, 2.05) is 36.5 Å². The number of anilines is 2. The Balaban J connectivity index is 0.000000251. The van der Waals surface area contributed by atoms with Crippen LogP contribution in [0.1, 0.15) is 30.5 Å². The number of halogens is 6. The molecule has 1 saturated heterocycles. The third kappa shape index (κ3) is 8.78. The van der Waals surface area contributed by atoms with Gasteiger partial charge in [-0.25, -0.2) is 19.6 Å². The summed E-state index contributed by atoms with van der Waals surface area (Å²) in [6.45, 7) is 4.88. The summed E-state index contributed by atoms with van der Waals surface area (Å²) in [5, 5.41) is 17.6. The lowest BCUT2D eigenvalue weighted by Gasteiger charge is -2.34. The quantitative estimate of drug-likeness (QED) is 0.465. The fourth-order valence-corrected chi connectivity index (χ4v) is 4.20. The molecule has 2 fully saturated rings. The number of aliphatic carboxylic acids is 2. The molecule has 1 saturated carbocycles. The van der Waals surface area contributed by atoms with E-state index in [-0.39, 0.29) is 5.41 Å². The van der Waals surface area contributed by atoms with Crippen LogP contribution in [0, 0.1) is 5.92 Å². The smallest absolute Gasteiger partial charge is 0.475 e. The number of hydrogen-bond donors (Lipinski definition) is 3. The Morgan fingerprint density at radius 3 is 2.18 bits per heavy atom. The molecular formula is C24H26F6N4O5. The molecule has 1 atom stereocenters. The SMILES string of the molecule is O=C(O)C(F)(F)F.O=C(O)C(F)(F)F.c1ccc(Nc2ncc3c(n2)C2(CCN(CC4CC4)C2)COC3)cc1. The van der Waals surface area contributed by atoms with Gasteiger partial charge in [-0.2, -0.15) is 26.3 Å². The third-order valence-electron chi connectivity index (χ3n) is 6.16. The highest BCUT2D eigenvalue weighted by Crippen LogP contribution is 2.41. The van der Waals surface area contributed by atoms with Crippen LogP contribution in [-0.2, 0) is 26.3 Å². The van der Waals surface area contributed by atoms with Crippen LogP contribution in [0.3, 0.4) is 0 Å². The fourth-order valence-electron chi connectivity index (χ4n) is 4.20. The Bertz CT molecular complexity index is 1120. The first-order valence-corrected chi connectivity index (χ1v) is 11.8. The standard InChI is InChI=1S/C20H24N4O.2C2HF3O2/c1-2-4-17(5-3-1)22-19-21-10-16-12-25-14-20(18(16)23-19)8-9-24(13-20)11-15-6-7-15;2*3-2(4,5)1(6)7/h1-5,10,15H,6-9,11-14H2,(H,21,22,23);2*(H,6,7). The van der Waals surface area contributed by atoms with Crippen molar-refractivity contribution >= 4 is 23.6 Å². The van der Waals surface area contributed by atoms with Crippen molar-refractivity contribution in [1.82, 2.24) is 14.9 Å². The molecule has 0 radical (unpaired) electrons. The zero-order chi connectivity index (χ0) is 28.8. The number of nitrogens with one attached hydrogen (secondary N) is 1. The van der Waals surface area contributed by atoms with Gasteiger partial charge in [-0.05, 0) is 43.9 Å². The van der Waals surface area contributed by atoms with E-state index in [0.29, 0.717) is 12.6 Å². The van der Waals surface area contributed by atoms with E-state index in [0.717, 1.165) is 43.3 Å². The number of hydrogen-bond acceptors (Lipinski definition) is 7. The van der Waals surface area contributed by atoms with Gasteiger partial charge < -0.3 is 25.2 Å². The van der Waals surface area contributed by atoms with Crippen molar-refractivity contribution < 1.29 is 50.9 Å². The highest BCUT2D eigenvalue weighted by molar-refractivity contribution is 5.73. The first-order valence-electron chi connectivity index (χ1n) is 11.8. The molecule has 1 aromatic heterocycles. The molecule has 214 valence electrons. The van der Waals surface area contributed by atoms with Gasteiger partial charge in [-0.3, -0.25) is 0 Å². The summed E-state index contributed by atoms with van der Waals surface area (Å²) in [4.78, 5) is 29.9. The van der Waals surface area contributed by atoms with Crippen LogP contribution in [0.25, 0.3) is 0 Å². The molecule has 39 heavy (non-hydrogen) atoms. The van der Waals surface area contributed by atoms with Crippen molar-refractivity contribution in [2.45, 2.75) is 43.6 Å². The number of fused-ring (bicyclic) bond motifs is 2. The largest absolute Gasteiger partial charge is 0.490 e. The summed E-state index contributed by atoms with van der Waals surface area (Å²) in [5.41, 5.74) is 3.41. The summed E-state index contributed by atoms with van der Waals surface area (Å²) in [7, 11) is 0. The number of para-hydroxylation sites is 1. The third-order valence-corrected chi connectivity index (χ3v) is 6.16. The van der Waals surface area contributed by atoms with Gasteiger partial charge in [0, 0.05) is 30.5 Å². The van der Waals surface area contributed by atoms with Crippen LogP contribution >= 0.6 is 0 Å². The van der Waals surface area contributed by atoms with Gasteiger partial charge >= 0.3 is 24.3 Å². The summed E-state index contributed by atoms with van der Waals surface area (Å²) in [5.74, 6) is -3.90. The van der Waals surface area contributed by atoms with Crippen molar-refractivity contribution in [3.05, 3.63) is 47.8 Å². The highest BCUT2D eigenvalue weighted by Gasteiger charge is 2.45. The van der Waals surface area contributed by atoms with Crippen LogP contribution in [0.2, 0.25) is 0 Å². The molecule has 3 heterocycles. The number of aromatic nitrogens is 2. The maximum Gasteiger partial charge on any atom is 0.490 e. The van der Waals surface area contributed by atoms with Gasteiger partial charge in [0.15, 0.2) is 0 Å². The second-order valence-electron chi connectivity index (χ2n) is 9.37. The van der Waals surface area contributed by atoms with E-state index in [1.165, 1.54) is 25.1 Å². The number of carboxylic acid groups (broad SMARTS) is 2. The summed E-state index contributed by atoms with van der Waals surface area (Å²) in [6.07, 6.45) is -4.28. The molecule has 9 nitrogen and oxygen atoms in total. The summed E-state index contributed by atoms with van der Waals surface area (Å²) >= 11 is 0. The monoisotopic (exact) mass is 564 g/mol. The number of carbonyl (C=O) groups is 2. The van der Waals surface area contributed by atoms with Crippen LogP contribution in [-0.4, -0.2) is 75.6 Å². The number of nitrogens with zero attached hydrogens (tertiary/aromatic N) is 3. The van der Waals surface area contributed by atoms with Gasteiger partial charge in [0.2, 0.25) is 5.95 Å². The highest BCUT2D eigenvalue weighted by atomic mass is 19.4. The predicted octanol–water partition coefficient (Wildman–Crippen LogP) is 4.37.